The number of nitrogens with zero attached hydrogens (tertiary/aromatic N) is 3. The summed E-state index contributed by atoms with van der Waals surface area (Å²) < 4.78 is 34.7. The number of aromatic carboxylic acids is 1. The van der Waals surface area contributed by atoms with E-state index in [0.717, 1.165) is 11.3 Å². The number of aliphatic carboxylic acids is 1. The molecule has 3 aromatic carbocycles. The number of hydrogen-bond acceptors (Lipinski definition) is 13. The Morgan fingerprint density at radius 1 is 0.971 bits per heavy atom. The molecule has 5 heterocycles. The van der Waals surface area contributed by atoms with Gasteiger partial charge >= 0.3 is 11.9 Å². The average Bonchev–Trinajstić information content (AvgIpc) is 3.77. The number of nitrogens with one attached hydrogen (secondary N) is 4. The van der Waals surface area contributed by atoms with Crippen molar-refractivity contribution in [1.82, 2.24) is 19.4 Å². The van der Waals surface area contributed by atoms with Gasteiger partial charge in [-0.3, -0.25) is 29.3 Å². The van der Waals surface area contributed by atoms with Gasteiger partial charge < -0.3 is 40.7 Å². The number of imide groups is 1. The summed E-state index contributed by atoms with van der Waals surface area (Å²) in [7, 11) is -3.84. The van der Waals surface area contributed by atoms with Crippen LogP contribution < -0.4 is 26.0 Å². The summed E-state index contributed by atoms with van der Waals surface area (Å²) in [5, 5.41) is 30.5. The van der Waals surface area contributed by atoms with Crippen LogP contribution in [0, 0.1) is 5.92 Å². The Balaban J connectivity index is 0.816. The maximum atomic E-state index is 14.0. The highest BCUT2D eigenvalue weighted by atomic mass is 35.5. The molecule has 3 saturated heterocycles. The van der Waals surface area contributed by atoms with Crippen molar-refractivity contribution in [3.8, 4) is 16.2 Å². The molecule has 0 spiro atoms. The van der Waals surface area contributed by atoms with Gasteiger partial charge in [0.15, 0.2) is 17.2 Å². The summed E-state index contributed by atoms with van der Waals surface area (Å²) in [6.45, 7) is 3.62. The number of halogens is 1. The Bertz CT molecular complexity index is 2850. The fourth-order valence-corrected chi connectivity index (χ4v) is 12.5. The second kappa shape index (κ2) is 19.2. The van der Waals surface area contributed by atoms with E-state index in [-0.39, 0.29) is 96.6 Å². The first kappa shape index (κ1) is 47.9. The van der Waals surface area contributed by atoms with Gasteiger partial charge in [-0.2, -0.15) is 4.31 Å². The van der Waals surface area contributed by atoms with Crippen LogP contribution >= 0.6 is 22.9 Å². The van der Waals surface area contributed by atoms with Gasteiger partial charge in [0.1, 0.15) is 11.1 Å². The lowest BCUT2D eigenvalue weighted by Gasteiger charge is -2.45. The lowest BCUT2D eigenvalue weighted by molar-refractivity contribution is -0.140. The third-order valence-corrected chi connectivity index (χ3v) is 16.2. The largest absolute Gasteiger partial charge is 0.479 e. The summed E-state index contributed by atoms with van der Waals surface area (Å²) in [4.78, 5) is 89.8. The van der Waals surface area contributed by atoms with Crippen LogP contribution in [0.25, 0.3) is 10.4 Å². The lowest BCUT2D eigenvalue weighted by Crippen LogP contribution is -2.55. The summed E-state index contributed by atoms with van der Waals surface area (Å²) in [6, 6.07) is 18.0. The second-order valence-electron chi connectivity index (χ2n) is 17.7. The van der Waals surface area contributed by atoms with Gasteiger partial charge in [0, 0.05) is 72.4 Å². The molecule has 68 heavy (non-hydrogen) atoms. The number of piperidine rings is 2. The molecule has 358 valence electrons. The molecule has 6 N–H and O–H groups in total. The number of likely N-dealkylation sites (tertiary alicyclic amines) is 1. The molecule has 0 bridgehead atoms. The van der Waals surface area contributed by atoms with Crippen LogP contribution in [0.4, 0.5) is 17.1 Å². The number of carboxylic acids is 2. The minimum Gasteiger partial charge on any atom is -0.479 e. The van der Waals surface area contributed by atoms with Gasteiger partial charge in [0.05, 0.1) is 23.1 Å². The van der Waals surface area contributed by atoms with Gasteiger partial charge in [0.25, 0.3) is 5.91 Å². The van der Waals surface area contributed by atoms with Gasteiger partial charge in [-0.25, -0.2) is 18.0 Å². The molecule has 4 aromatic rings. The highest BCUT2D eigenvalue weighted by Crippen LogP contribution is 2.46. The van der Waals surface area contributed by atoms with E-state index < -0.39 is 52.0 Å². The molecule has 2 atom stereocenters. The van der Waals surface area contributed by atoms with Crippen molar-refractivity contribution >= 4 is 91.5 Å². The molecular weight excluding hydrogens is 942 g/mol. The minimum absolute atomic E-state index is 0.0131. The summed E-state index contributed by atoms with van der Waals surface area (Å²) >= 11 is 7.38. The monoisotopic (exact) mass is 989 g/mol. The van der Waals surface area contributed by atoms with E-state index in [9.17, 15) is 47.1 Å². The van der Waals surface area contributed by atoms with Gasteiger partial charge in [-0.15, -0.1) is 11.3 Å². The number of benzene rings is 3. The summed E-state index contributed by atoms with van der Waals surface area (Å²) in [6.07, 6.45) is 1.31. The third kappa shape index (κ3) is 10.2. The van der Waals surface area contributed by atoms with E-state index in [0.29, 0.717) is 57.0 Å². The zero-order chi connectivity index (χ0) is 48.7. The van der Waals surface area contributed by atoms with E-state index in [1.54, 1.807) is 65.6 Å². The number of carboxylic acid groups (broad SMARTS) is 2. The molecule has 22 heteroatoms. The highest BCUT2D eigenvalue weighted by molar-refractivity contribution is 7.88. The van der Waals surface area contributed by atoms with Crippen molar-refractivity contribution in [3.05, 3.63) is 93.3 Å². The topological polar surface area (TPSA) is 261 Å². The quantitative estimate of drug-likeness (QED) is 0.0834. The van der Waals surface area contributed by atoms with E-state index in [4.69, 9.17) is 21.4 Å². The Hall–Kier alpha value is -6.55. The van der Waals surface area contributed by atoms with Crippen molar-refractivity contribution in [3.63, 3.8) is 0 Å². The molecule has 5 amide bonds. The molecule has 0 saturated carbocycles. The molecule has 3 fully saturated rings. The fourth-order valence-electron chi connectivity index (χ4n) is 9.15. The normalized spacial score (nSPS) is 19.4. The zero-order valence-electron chi connectivity index (χ0n) is 36.9. The number of hydrogen-bond donors (Lipinski definition) is 6. The zero-order valence-corrected chi connectivity index (χ0v) is 39.3. The first-order valence-electron chi connectivity index (χ1n) is 21.7. The molecule has 19 nitrogen and oxygen atoms in total. The number of carbonyl (C=O) groups excluding carboxylic acids is 5. The third-order valence-electron chi connectivity index (χ3n) is 12.4. The maximum Gasteiger partial charge on any atom is 0.349 e. The number of sulfonamides is 1. The number of ether oxygens (including phenoxy) is 1. The molecule has 0 aliphatic carbocycles. The smallest absolute Gasteiger partial charge is 0.349 e. The van der Waals surface area contributed by atoms with Crippen molar-refractivity contribution in [2.75, 3.05) is 48.7 Å². The second-order valence-corrected chi connectivity index (χ2v) is 21.0. The molecular formula is C46H48ClN7O12S2. The summed E-state index contributed by atoms with van der Waals surface area (Å²) in [5.74, 6) is -5.35. The predicted octanol–water partition coefficient (Wildman–Crippen LogP) is 4.69. The predicted molar refractivity (Wildman–Crippen MR) is 251 cm³/mol. The van der Waals surface area contributed by atoms with E-state index in [1.807, 2.05) is 19.9 Å². The highest BCUT2D eigenvalue weighted by Gasteiger charge is 2.43. The maximum absolute atomic E-state index is 14.0. The SMILES string of the molecule is CC1(C)C[C@@H](Nc2cccc(-c3sc(C(=O)O)c(OCC(=O)O)c3Cl)c2)CCN1S(=O)(=O)Cc1cccc(NC(=O)C2CN(C(=O)CNc3cccc4c3CN([C@H]3CCC(=O)NC3=O)C4=O)C2)c1. The van der Waals surface area contributed by atoms with Crippen LogP contribution in [0.3, 0.4) is 0 Å². The van der Waals surface area contributed by atoms with E-state index in [1.165, 1.54) is 9.21 Å². The van der Waals surface area contributed by atoms with Gasteiger partial charge in [-0.05, 0) is 80.6 Å². The number of fused-ring (bicyclic) bond motifs is 1. The first-order chi connectivity index (χ1) is 32.3. The van der Waals surface area contributed by atoms with Gasteiger partial charge in [0.2, 0.25) is 33.7 Å². The van der Waals surface area contributed by atoms with Gasteiger partial charge in [-0.1, -0.05) is 41.9 Å². The van der Waals surface area contributed by atoms with Crippen molar-refractivity contribution in [1.29, 1.82) is 0 Å². The average molecular weight is 991 g/mol. The van der Waals surface area contributed by atoms with Crippen molar-refractivity contribution in [2.24, 2.45) is 5.92 Å². The number of thiophene rings is 1. The molecule has 4 aliphatic rings. The van der Waals surface area contributed by atoms with Crippen LogP contribution in [0.15, 0.2) is 66.7 Å². The number of anilines is 3. The Morgan fingerprint density at radius 3 is 2.43 bits per heavy atom. The Kier molecular flexibility index (Phi) is 13.5. The molecule has 1 aromatic heterocycles. The van der Waals surface area contributed by atoms with Crippen LogP contribution in [0.5, 0.6) is 5.75 Å². The molecule has 4 aliphatic heterocycles. The minimum atomic E-state index is -3.84. The number of carbonyl (C=O) groups is 7. The van der Waals surface area contributed by atoms with Crippen LogP contribution in [-0.2, 0) is 46.3 Å². The van der Waals surface area contributed by atoms with Crippen LogP contribution in [-0.4, -0.2) is 125 Å². The molecule has 8 rings (SSSR count). The molecule has 0 unspecified atom stereocenters. The lowest BCUT2D eigenvalue weighted by atomic mass is 9.89. The fraction of sp³-hybridized carbons (Fsp3) is 0.370. The van der Waals surface area contributed by atoms with Crippen molar-refractivity contribution in [2.45, 2.75) is 69.5 Å². The van der Waals surface area contributed by atoms with Crippen LogP contribution in [0.1, 0.15) is 70.7 Å². The number of amides is 5. The number of rotatable bonds is 16. The van der Waals surface area contributed by atoms with E-state index in [2.05, 4.69) is 21.3 Å². The molecule has 0 radical (unpaired) electrons. The van der Waals surface area contributed by atoms with Crippen LogP contribution in [0.2, 0.25) is 5.02 Å². The van der Waals surface area contributed by atoms with E-state index >= 15 is 0 Å². The Morgan fingerprint density at radius 2 is 1.71 bits per heavy atom. The Labute approximate surface area is 399 Å². The standard InChI is InChI=1S/C46H48ClN7O12S2/c1-46(2)18-30(49-29-9-4-7-26(17-29)40-38(47)39(66-23-37(57)58)41(67-40)45(62)63)14-15-54(46)68(64,65)24-25-6-3-8-28(16-25)50-42(59)27-20-52(21-27)36(56)19-48-33-11-5-10-31-32(33)22-53(44(31)61)34-12-13-35(55)51-43(34)60/h3-11,16-17,27,30,34,48-49H,12-15,18-24H2,1-2H3,(H,50,59)(H,57,58)(H,62,63)(H,51,55,60)/t30-,34-/m0/s1. The summed E-state index contributed by atoms with van der Waals surface area (Å²) in [5.41, 5.74) is 3.04. The first-order valence-corrected chi connectivity index (χ1v) is 24.5. The van der Waals surface area contributed by atoms with Crippen molar-refractivity contribution < 1.29 is 56.9 Å².